The van der Waals surface area contributed by atoms with Gasteiger partial charge in [0, 0.05) is 23.3 Å². The molecule has 0 spiro atoms. The van der Waals surface area contributed by atoms with Crippen molar-refractivity contribution in [3.63, 3.8) is 0 Å². The maximum Gasteiger partial charge on any atom is 0.148 e. The van der Waals surface area contributed by atoms with Crippen molar-refractivity contribution >= 4 is 21.6 Å². The van der Waals surface area contributed by atoms with Crippen LogP contribution in [0.4, 0.5) is 0 Å². The number of hydrogen-bond acceptors (Lipinski definition) is 4. The molecule has 100 valence electrons. The number of rotatable bonds is 4. The fourth-order valence-electron chi connectivity index (χ4n) is 2.30. The molecular formula is C13H19NO2S2. The Morgan fingerprint density at radius 1 is 1.39 bits per heavy atom. The van der Waals surface area contributed by atoms with E-state index in [1.807, 2.05) is 12.1 Å². The fourth-order valence-corrected chi connectivity index (χ4v) is 4.84. The molecule has 5 heteroatoms. The standard InChI is InChI=1S/C13H19NO2S2/c1-18(15,16)9-8-17-12-7-6-10-4-2-3-5-11(10)13(12)14/h2-5,12-13H,6-9,14H2,1H3. The van der Waals surface area contributed by atoms with Crippen molar-refractivity contribution in [3.8, 4) is 0 Å². The van der Waals surface area contributed by atoms with Crippen molar-refractivity contribution in [2.75, 3.05) is 17.8 Å². The first kappa shape index (κ1) is 13.9. The van der Waals surface area contributed by atoms with E-state index < -0.39 is 9.84 Å². The molecule has 0 saturated carbocycles. The van der Waals surface area contributed by atoms with Crippen molar-refractivity contribution in [3.05, 3.63) is 35.4 Å². The van der Waals surface area contributed by atoms with Gasteiger partial charge in [-0.3, -0.25) is 0 Å². The minimum atomic E-state index is -2.86. The molecular weight excluding hydrogens is 266 g/mol. The van der Waals surface area contributed by atoms with Gasteiger partial charge in [0.2, 0.25) is 0 Å². The summed E-state index contributed by atoms with van der Waals surface area (Å²) in [6.07, 6.45) is 3.36. The third-order valence-corrected chi connectivity index (χ3v) is 5.90. The molecule has 0 heterocycles. The van der Waals surface area contributed by atoms with Gasteiger partial charge in [0.15, 0.2) is 0 Å². The number of sulfone groups is 1. The van der Waals surface area contributed by atoms with Gasteiger partial charge in [-0.1, -0.05) is 24.3 Å². The predicted molar refractivity (Wildman–Crippen MR) is 77.6 cm³/mol. The summed E-state index contributed by atoms with van der Waals surface area (Å²) in [5, 5.41) is 0.335. The maximum absolute atomic E-state index is 11.1. The lowest BCUT2D eigenvalue weighted by Crippen LogP contribution is -2.30. The van der Waals surface area contributed by atoms with E-state index >= 15 is 0 Å². The van der Waals surface area contributed by atoms with Gasteiger partial charge in [0.05, 0.1) is 5.75 Å². The van der Waals surface area contributed by atoms with Crippen LogP contribution in [-0.2, 0) is 16.3 Å². The van der Waals surface area contributed by atoms with Crippen molar-refractivity contribution in [2.45, 2.75) is 24.1 Å². The third-order valence-electron chi connectivity index (χ3n) is 3.30. The quantitative estimate of drug-likeness (QED) is 0.916. The first-order chi connectivity index (χ1) is 8.47. The Bertz CT molecular complexity index is 513. The van der Waals surface area contributed by atoms with Crippen LogP contribution in [0, 0.1) is 0 Å². The highest BCUT2D eigenvalue weighted by molar-refractivity contribution is 8.01. The molecule has 1 aliphatic rings. The molecule has 0 amide bonds. The largest absolute Gasteiger partial charge is 0.323 e. The van der Waals surface area contributed by atoms with E-state index in [2.05, 4.69) is 12.1 Å². The van der Waals surface area contributed by atoms with Crippen LogP contribution in [0.2, 0.25) is 0 Å². The minimum absolute atomic E-state index is 0.0273. The first-order valence-corrected chi connectivity index (χ1v) is 9.21. The van der Waals surface area contributed by atoms with Crippen LogP contribution in [0.1, 0.15) is 23.6 Å². The summed E-state index contributed by atoms with van der Waals surface area (Å²) in [6, 6.07) is 8.31. The zero-order valence-corrected chi connectivity index (χ0v) is 12.1. The monoisotopic (exact) mass is 285 g/mol. The SMILES string of the molecule is CS(=O)(=O)CCSC1CCc2ccccc2C1N. The van der Waals surface area contributed by atoms with Gasteiger partial charge >= 0.3 is 0 Å². The van der Waals surface area contributed by atoms with Gasteiger partial charge in [-0.2, -0.15) is 11.8 Å². The molecule has 1 aromatic rings. The molecule has 1 aromatic carbocycles. The summed E-state index contributed by atoms with van der Waals surface area (Å²) in [7, 11) is -2.86. The summed E-state index contributed by atoms with van der Waals surface area (Å²) in [4.78, 5) is 0. The van der Waals surface area contributed by atoms with Crippen LogP contribution in [0.25, 0.3) is 0 Å². The van der Waals surface area contributed by atoms with E-state index in [1.54, 1.807) is 11.8 Å². The predicted octanol–water partition coefficient (Wildman–Crippen LogP) is 1.78. The van der Waals surface area contributed by atoms with Crippen LogP contribution in [0.3, 0.4) is 0 Å². The van der Waals surface area contributed by atoms with Gasteiger partial charge in [-0.15, -0.1) is 0 Å². The third kappa shape index (κ3) is 3.49. The Balaban J connectivity index is 1.97. The zero-order valence-electron chi connectivity index (χ0n) is 10.5. The smallest absolute Gasteiger partial charge is 0.148 e. The van der Waals surface area contributed by atoms with E-state index in [9.17, 15) is 8.42 Å². The molecule has 0 fully saturated rings. The van der Waals surface area contributed by atoms with Gasteiger partial charge in [0.1, 0.15) is 9.84 Å². The lowest BCUT2D eigenvalue weighted by molar-refractivity contribution is 0.586. The van der Waals surface area contributed by atoms with Gasteiger partial charge in [0.25, 0.3) is 0 Å². The van der Waals surface area contributed by atoms with Gasteiger partial charge < -0.3 is 5.73 Å². The van der Waals surface area contributed by atoms with Gasteiger partial charge in [-0.05, 0) is 24.0 Å². The summed E-state index contributed by atoms with van der Waals surface area (Å²) < 4.78 is 22.2. The lowest BCUT2D eigenvalue weighted by atomic mass is 9.88. The second-order valence-corrected chi connectivity index (χ2v) is 8.41. The first-order valence-electron chi connectivity index (χ1n) is 6.10. The molecule has 0 aliphatic heterocycles. The van der Waals surface area contributed by atoms with Crippen LogP contribution in [0.15, 0.2) is 24.3 Å². The van der Waals surface area contributed by atoms with Crippen LogP contribution < -0.4 is 5.73 Å². The zero-order chi connectivity index (χ0) is 13.2. The van der Waals surface area contributed by atoms with Gasteiger partial charge in [-0.25, -0.2) is 8.42 Å². The topological polar surface area (TPSA) is 60.2 Å². The van der Waals surface area contributed by atoms with Crippen molar-refractivity contribution in [1.29, 1.82) is 0 Å². The Morgan fingerprint density at radius 3 is 2.83 bits per heavy atom. The van der Waals surface area contributed by atoms with E-state index in [-0.39, 0.29) is 11.8 Å². The number of aryl methyl sites for hydroxylation is 1. The Morgan fingerprint density at radius 2 is 2.11 bits per heavy atom. The molecule has 2 N–H and O–H groups in total. The summed E-state index contributed by atoms with van der Waals surface area (Å²) in [6.45, 7) is 0. The highest BCUT2D eigenvalue weighted by Gasteiger charge is 2.26. The lowest BCUT2D eigenvalue weighted by Gasteiger charge is -2.30. The van der Waals surface area contributed by atoms with E-state index in [0.29, 0.717) is 11.0 Å². The summed E-state index contributed by atoms with van der Waals surface area (Å²) in [5.74, 6) is 0.877. The van der Waals surface area contributed by atoms with E-state index in [1.165, 1.54) is 17.4 Å². The van der Waals surface area contributed by atoms with Crippen molar-refractivity contribution in [1.82, 2.24) is 0 Å². The molecule has 3 nitrogen and oxygen atoms in total. The number of fused-ring (bicyclic) bond motifs is 1. The average Bonchev–Trinajstić information content (AvgIpc) is 2.31. The Hall–Kier alpha value is -0.520. The average molecular weight is 285 g/mol. The Kier molecular flexibility index (Phi) is 4.35. The number of hydrogen-bond donors (Lipinski definition) is 1. The molecule has 2 unspecified atom stereocenters. The second kappa shape index (κ2) is 5.63. The van der Waals surface area contributed by atoms with Crippen molar-refractivity contribution < 1.29 is 8.42 Å². The number of nitrogens with two attached hydrogens (primary N) is 1. The number of benzene rings is 1. The number of thioether (sulfide) groups is 1. The van der Waals surface area contributed by atoms with E-state index in [0.717, 1.165) is 12.8 Å². The molecule has 0 bridgehead atoms. The highest BCUT2D eigenvalue weighted by atomic mass is 32.2. The van der Waals surface area contributed by atoms with Crippen LogP contribution in [-0.4, -0.2) is 31.4 Å². The molecule has 2 rings (SSSR count). The summed E-state index contributed by atoms with van der Waals surface area (Å²) in [5.41, 5.74) is 8.83. The summed E-state index contributed by atoms with van der Waals surface area (Å²) >= 11 is 1.69. The Labute approximate surface area is 113 Å². The molecule has 2 atom stereocenters. The molecule has 18 heavy (non-hydrogen) atoms. The maximum atomic E-state index is 11.1. The molecule has 0 aromatic heterocycles. The van der Waals surface area contributed by atoms with Crippen molar-refractivity contribution in [2.24, 2.45) is 5.73 Å². The molecule has 0 saturated heterocycles. The molecule has 0 radical (unpaired) electrons. The highest BCUT2D eigenvalue weighted by Crippen LogP contribution is 2.35. The van der Waals surface area contributed by atoms with E-state index in [4.69, 9.17) is 5.73 Å². The fraction of sp³-hybridized carbons (Fsp3) is 0.538. The normalized spacial score (nSPS) is 23.7. The van der Waals surface area contributed by atoms with Crippen LogP contribution in [0.5, 0.6) is 0 Å². The molecule has 1 aliphatic carbocycles. The minimum Gasteiger partial charge on any atom is -0.323 e. The van der Waals surface area contributed by atoms with Crippen LogP contribution >= 0.6 is 11.8 Å². The second-order valence-electron chi connectivity index (χ2n) is 4.80.